The van der Waals surface area contributed by atoms with Crippen LogP contribution in [-0.4, -0.2) is 47.7 Å². The summed E-state index contributed by atoms with van der Waals surface area (Å²) < 4.78 is 30.9. The molecule has 1 atom stereocenters. The van der Waals surface area contributed by atoms with E-state index in [0.29, 0.717) is 58.5 Å². The maximum absolute atomic E-state index is 14.0. The zero-order valence-electron chi connectivity index (χ0n) is 25.3. The van der Waals surface area contributed by atoms with Crippen LogP contribution in [0.25, 0.3) is 16.6 Å². The highest BCUT2D eigenvalue weighted by atomic mass is 19.3. The number of pyridine rings is 1. The standard InChI is InChI=1S/C32H31F2N11/c1-19-23(6-5-7-26(19)44-18-37-17-40-44)29(25-15-45(43-42-25)32(8-9-32)30(33)34)41-22-10-20(12-35)27-24(11-22)28(21(13-36)14-38-27)39-16-31(2,3)4/h5-7,10-11,14-15,17-18,29-30,41H,8-9,16H2,1-4H3,(H,38,39)/t29-/m0/s1. The number of aromatic nitrogens is 7. The molecule has 45 heavy (non-hydrogen) atoms. The predicted octanol–water partition coefficient (Wildman–Crippen LogP) is 5.87. The number of alkyl halides is 2. The van der Waals surface area contributed by atoms with Crippen molar-refractivity contribution >= 4 is 22.3 Å². The first-order valence-electron chi connectivity index (χ1n) is 14.5. The van der Waals surface area contributed by atoms with Gasteiger partial charge in [0.15, 0.2) is 0 Å². The highest BCUT2D eigenvalue weighted by Crippen LogP contribution is 2.48. The van der Waals surface area contributed by atoms with Gasteiger partial charge in [-0.05, 0) is 54.5 Å². The smallest absolute Gasteiger partial charge is 0.263 e. The highest BCUT2D eigenvalue weighted by molar-refractivity contribution is 5.99. The average molecular weight is 608 g/mol. The van der Waals surface area contributed by atoms with Crippen LogP contribution in [0, 0.1) is 35.0 Å². The lowest BCUT2D eigenvalue weighted by atomic mass is 9.95. The fraction of sp³-hybridized carbons (Fsp3) is 0.344. The maximum Gasteiger partial charge on any atom is 0.263 e. The number of benzene rings is 2. The van der Waals surface area contributed by atoms with Crippen LogP contribution in [0.2, 0.25) is 0 Å². The lowest BCUT2D eigenvalue weighted by Crippen LogP contribution is -2.26. The van der Waals surface area contributed by atoms with Crippen molar-refractivity contribution in [2.45, 2.75) is 58.5 Å². The minimum absolute atomic E-state index is 0.0864. The molecule has 1 aliphatic rings. The molecule has 0 amide bonds. The van der Waals surface area contributed by atoms with E-state index in [2.05, 4.69) is 68.9 Å². The van der Waals surface area contributed by atoms with E-state index in [0.717, 1.165) is 16.8 Å². The van der Waals surface area contributed by atoms with E-state index in [-0.39, 0.29) is 5.41 Å². The summed E-state index contributed by atoms with van der Waals surface area (Å²) in [5, 5.41) is 40.3. The topological polar surface area (TPSA) is 146 Å². The number of nitriles is 2. The molecule has 5 aromatic rings. The van der Waals surface area contributed by atoms with Crippen molar-refractivity contribution in [2.24, 2.45) is 5.41 Å². The first kappa shape index (κ1) is 29.6. The van der Waals surface area contributed by atoms with Crippen molar-refractivity contribution in [3.05, 3.63) is 83.3 Å². The molecular formula is C32H31F2N11. The molecule has 228 valence electrons. The molecule has 1 saturated carbocycles. The van der Waals surface area contributed by atoms with Gasteiger partial charge in [0.1, 0.15) is 36.0 Å². The molecule has 6 rings (SSSR count). The SMILES string of the molecule is Cc1c([C@H](Nc2cc(C#N)c3ncc(C#N)c(NCC(C)(C)C)c3c2)c2cn(C3(C(F)F)CC3)nn2)cccc1-n1cncn1. The second-order valence-electron chi connectivity index (χ2n) is 12.5. The molecule has 0 radical (unpaired) electrons. The third kappa shape index (κ3) is 5.53. The summed E-state index contributed by atoms with van der Waals surface area (Å²) in [7, 11) is 0. The zero-order chi connectivity index (χ0) is 31.9. The molecule has 11 nitrogen and oxygen atoms in total. The molecule has 3 heterocycles. The number of hydrogen-bond donors (Lipinski definition) is 2. The highest BCUT2D eigenvalue weighted by Gasteiger charge is 2.54. The van der Waals surface area contributed by atoms with Crippen LogP contribution in [0.3, 0.4) is 0 Å². The zero-order valence-corrected chi connectivity index (χ0v) is 25.3. The van der Waals surface area contributed by atoms with Crippen molar-refractivity contribution in [1.82, 2.24) is 34.7 Å². The Kier molecular flexibility index (Phi) is 7.41. The third-order valence-corrected chi connectivity index (χ3v) is 8.07. The molecule has 0 spiro atoms. The van der Waals surface area contributed by atoms with Crippen molar-refractivity contribution in [2.75, 3.05) is 17.2 Å². The first-order chi connectivity index (χ1) is 21.5. The Morgan fingerprint density at radius 3 is 2.53 bits per heavy atom. The predicted molar refractivity (Wildman–Crippen MR) is 164 cm³/mol. The van der Waals surface area contributed by atoms with Crippen LogP contribution in [0.5, 0.6) is 0 Å². The summed E-state index contributed by atoms with van der Waals surface area (Å²) in [6, 6.07) is 13.0. The van der Waals surface area contributed by atoms with E-state index in [1.807, 2.05) is 31.2 Å². The quantitative estimate of drug-likeness (QED) is 0.210. The Morgan fingerprint density at radius 2 is 1.89 bits per heavy atom. The fourth-order valence-corrected chi connectivity index (χ4v) is 5.41. The van der Waals surface area contributed by atoms with Crippen LogP contribution in [0.15, 0.2) is 55.4 Å². The van der Waals surface area contributed by atoms with Gasteiger partial charge in [-0.2, -0.15) is 15.6 Å². The monoisotopic (exact) mass is 607 g/mol. The number of nitrogens with zero attached hydrogens (tertiary/aromatic N) is 9. The molecule has 2 aromatic carbocycles. The van der Waals surface area contributed by atoms with E-state index in [1.165, 1.54) is 17.2 Å². The largest absolute Gasteiger partial charge is 0.383 e. The van der Waals surface area contributed by atoms with Gasteiger partial charge in [0.05, 0.1) is 40.3 Å². The van der Waals surface area contributed by atoms with E-state index in [1.54, 1.807) is 23.3 Å². The van der Waals surface area contributed by atoms with E-state index in [4.69, 9.17) is 0 Å². The number of rotatable bonds is 9. The van der Waals surface area contributed by atoms with Crippen LogP contribution < -0.4 is 10.6 Å². The number of hydrogen-bond acceptors (Lipinski definition) is 9. The van der Waals surface area contributed by atoms with Crippen molar-refractivity contribution in [3.8, 4) is 17.8 Å². The Morgan fingerprint density at radius 1 is 1.11 bits per heavy atom. The van der Waals surface area contributed by atoms with E-state index in [9.17, 15) is 19.3 Å². The molecule has 0 unspecified atom stereocenters. The molecule has 0 bridgehead atoms. The molecule has 0 aliphatic heterocycles. The van der Waals surface area contributed by atoms with Crippen LogP contribution in [-0.2, 0) is 5.54 Å². The number of halogens is 2. The van der Waals surface area contributed by atoms with Gasteiger partial charge in [-0.25, -0.2) is 23.1 Å². The van der Waals surface area contributed by atoms with Gasteiger partial charge < -0.3 is 10.6 Å². The maximum atomic E-state index is 14.0. The summed E-state index contributed by atoms with van der Waals surface area (Å²) in [6.45, 7) is 8.75. The second-order valence-corrected chi connectivity index (χ2v) is 12.5. The van der Waals surface area contributed by atoms with Gasteiger partial charge >= 0.3 is 0 Å². The minimum Gasteiger partial charge on any atom is -0.383 e. The van der Waals surface area contributed by atoms with Crippen LogP contribution in [0.1, 0.15) is 67.6 Å². The van der Waals surface area contributed by atoms with E-state index < -0.39 is 18.0 Å². The Labute approximate surface area is 258 Å². The Bertz CT molecular complexity index is 1960. The molecule has 13 heteroatoms. The van der Waals surface area contributed by atoms with Crippen molar-refractivity contribution in [1.29, 1.82) is 10.5 Å². The van der Waals surface area contributed by atoms with Crippen molar-refractivity contribution < 1.29 is 8.78 Å². The number of nitrogens with one attached hydrogen (secondary N) is 2. The van der Waals surface area contributed by atoms with Gasteiger partial charge in [-0.15, -0.1) is 5.10 Å². The van der Waals surface area contributed by atoms with E-state index >= 15 is 0 Å². The summed E-state index contributed by atoms with van der Waals surface area (Å²) in [4.78, 5) is 8.52. The van der Waals surface area contributed by atoms with Gasteiger partial charge in [0, 0.05) is 23.8 Å². The summed E-state index contributed by atoms with van der Waals surface area (Å²) >= 11 is 0. The Hall–Kier alpha value is -5.43. The summed E-state index contributed by atoms with van der Waals surface area (Å²) in [5.41, 5.74) is 3.67. The molecule has 1 fully saturated rings. The lowest BCUT2D eigenvalue weighted by molar-refractivity contribution is 0.0593. The normalized spacial score (nSPS) is 14.6. The van der Waals surface area contributed by atoms with Gasteiger partial charge in [0.2, 0.25) is 0 Å². The van der Waals surface area contributed by atoms with Gasteiger partial charge in [-0.1, -0.05) is 38.1 Å². The molecular weight excluding hydrogens is 576 g/mol. The van der Waals surface area contributed by atoms with Crippen LogP contribution in [0.4, 0.5) is 20.2 Å². The number of fused-ring (bicyclic) bond motifs is 1. The molecule has 0 saturated heterocycles. The molecule has 3 aromatic heterocycles. The Balaban J connectivity index is 1.50. The minimum atomic E-state index is -2.57. The summed E-state index contributed by atoms with van der Waals surface area (Å²) in [5.74, 6) is 0. The lowest BCUT2D eigenvalue weighted by Gasteiger charge is -2.23. The second kappa shape index (κ2) is 11.2. The van der Waals surface area contributed by atoms with Crippen LogP contribution >= 0.6 is 0 Å². The van der Waals surface area contributed by atoms with Crippen molar-refractivity contribution in [3.63, 3.8) is 0 Å². The molecule has 2 N–H and O–H groups in total. The molecule has 1 aliphatic carbocycles. The fourth-order valence-electron chi connectivity index (χ4n) is 5.41. The summed E-state index contributed by atoms with van der Waals surface area (Å²) in [6.07, 6.45) is 4.14. The average Bonchev–Trinajstić information content (AvgIpc) is 3.39. The van der Waals surface area contributed by atoms with Gasteiger partial charge in [0.25, 0.3) is 6.43 Å². The third-order valence-electron chi connectivity index (χ3n) is 8.07. The number of anilines is 2. The van der Waals surface area contributed by atoms with Gasteiger partial charge in [-0.3, -0.25) is 4.98 Å². The first-order valence-corrected chi connectivity index (χ1v) is 14.5.